The van der Waals surface area contributed by atoms with Crippen molar-refractivity contribution >= 4 is 21.9 Å². The maximum absolute atomic E-state index is 12.2. The fourth-order valence-electron chi connectivity index (χ4n) is 2.20. The number of carbonyl (C=O) groups is 2. The Balaban J connectivity index is 2.71. The van der Waals surface area contributed by atoms with E-state index in [1.165, 1.54) is 19.2 Å². The maximum atomic E-state index is 12.2. The number of primary sulfonamides is 1. The van der Waals surface area contributed by atoms with Gasteiger partial charge in [0.2, 0.25) is 10.0 Å². The summed E-state index contributed by atoms with van der Waals surface area (Å²) < 4.78 is 32.8. The van der Waals surface area contributed by atoms with E-state index < -0.39 is 28.5 Å². The lowest BCUT2D eigenvalue weighted by Crippen LogP contribution is -2.36. The van der Waals surface area contributed by atoms with Gasteiger partial charge in [-0.25, -0.2) is 18.4 Å². The average molecular weight is 386 g/mol. The van der Waals surface area contributed by atoms with E-state index in [1.807, 2.05) is 6.92 Å². The van der Waals surface area contributed by atoms with Gasteiger partial charge in [0.05, 0.1) is 12.0 Å². The van der Waals surface area contributed by atoms with Crippen molar-refractivity contribution in [1.29, 1.82) is 0 Å². The molecule has 0 saturated carbocycles. The molecule has 8 nitrogen and oxygen atoms in total. The first-order valence-corrected chi connectivity index (χ1v) is 9.76. The normalized spacial score (nSPS) is 12.5. The molecule has 0 spiro atoms. The van der Waals surface area contributed by atoms with Gasteiger partial charge in [0, 0.05) is 6.04 Å². The molecule has 1 rings (SSSR count). The molecule has 0 aliphatic carbocycles. The highest BCUT2D eigenvalue weighted by atomic mass is 32.2. The van der Waals surface area contributed by atoms with Gasteiger partial charge >= 0.3 is 5.97 Å². The Kier molecular flexibility index (Phi) is 8.04. The second-order valence-corrected chi connectivity index (χ2v) is 7.98. The van der Waals surface area contributed by atoms with Crippen LogP contribution in [0.4, 0.5) is 0 Å². The summed E-state index contributed by atoms with van der Waals surface area (Å²) in [5.41, 5.74) is -0.125. The number of esters is 1. The first-order chi connectivity index (χ1) is 12.0. The summed E-state index contributed by atoms with van der Waals surface area (Å²) in [5.74, 6) is -0.660. The molecule has 0 unspecified atom stereocenters. The summed E-state index contributed by atoms with van der Waals surface area (Å²) >= 11 is 0. The summed E-state index contributed by atoms with van der Waals surface area (Å²) in [7, 11) is -2.66. The van der Waals surface area contributed by atoms with Crippen LogP contribution >= 0.6 is 0 Å². The van der Waals surface area contributed by atoms with Crippen LogP contribution in [0.2, 0.25) is 0 Å². The number of ether oxygens (including phenoxy) is 2. The van der Waals surface area contributed by atoms with Crippen molar-refractivity contribution in [3.8, 4) is 5.75 Å². The number of amides is 1. The topological polar surface area (TPSA) is 125 Å². The first kappa shape index (κ1) is 21.9. The molecule has 1 aromatic carbocycles. The molecule has 3 N–H and O–H groups in total. The zero-order valence-corrected chi connectivity index (χ0v) is 16.3. The molecule has 1 atom stereocenters. The summed E-state index contributed by atoms with van der Waals surface area (Å²) in [4.78, 5) is 23.8. The summed E-state index contributed by atoms with van der Waals surface area (Å²) in [6, 6.07) is 3.53. The highest BCUT2D eigenvalue weighted by molar-refractivity contribution is 7.89. The van der Waals surface area contributed by atoms with Crippen LogP contribution in [0.25, 0.3) is 0 Å². The van der Waals surface area contributed by atoms with Crippen LogP contribution in [-0.4, -0.2) is 40.1 Å². The number of hydrogen-bond donors (Lipinski definition) is 2. The van der Waals surface area contributed by atoms with Crippen LogP contribution < -0.4 is 15.2 Å². The molecule has 9 heteroatoms. The van der Waals surface area contributed by atoms with E-state index in [4.69, 9.17) is 14.6 Å². The number of sulfonamides is 1. The highest BCUT2D eigenvalue weighted by Crippen LogP contribution is 2.22. The maximum Gasteiger partial charge on any atom is 0.342 e. The van der Waals surface area contributed by atoms with E-state index in [0.29, 0.717) is 5.92 Å². The van der Waals surface area contributed by atoms with E-state index in [-0.39, 0.29) is 22.3 Å². The van der Waals surface area contributed by atoms with Crippen LogP contribution in [0.3, 0.4) is 0 Å². The van der Waals surface area contributed by atoms with Gasteiger partial charge in [0.1, 0.15) is 11.3 Å². The van der Waals surface area contributed by atoms with Crippen molar-refractivity contribution in [1.82, 2.24) is 5.32 Å². The molecule has 1 aromatic rings. The van der Waals surface area contributed by atoms with E-state index in [0.717, 1.165) is 18.9 Å². The number of carbonyl (C=O) groups excluding carboxylic acids is 2. The standard InChI is InChI=1S/C17H26N2O6S/c1-11(2)5-6-12(3)19-16(20)10-25-17(21)14-9-13(26(18,22)23)7-8-15(14)24-4/h7-9,11-12H,5-6,10H2,1-4H3,(H,19,20)(H2,18,22,23)/t12-/m0/s1. The van der Waals surface area contributed by atoms with Gasteiger partial charge in [-0.1, -0.05) is 13.8 Å². The lowest BCUT2D eigenvalue weighted by Gasteiger charge is -2.15. The van der Waals surface area contributed by atoms with E-state index >= 15 is 0 Å². The Morgan fingerprint density at radius 2 is 1.85 bits per heavy atom. The lowest BCUT2D eigenvalue weighted by molar-refractivity contribution is -0.124. The van der Waals surface area contributed by atoms with E-state index in [2.05, 4.69) is 19.2 Å². The summed E-state index contributed by atoms with van der Waals surface area (Å²) in [5, 5.41) is 7.80. The SMILES string of the molecule is COc1ccc(S(N)(=O)=O)cc1C(=O)OCC(=O)N[C@@H](C)CCC(C)C. The van der Waals surface area contributed by atoms with Gasteiger partial charge in [-0.15, -0.1) is 0 Å². The Bertz CT molecular complexity index is 746. The van der Waals surface area contributed by atoms with Crippen molar-refractivity contribution in [2.75, 3.05) is 13.7 Å². The molecule has 146 valence electrons. The molecule has 1 amide bonds. The van der Waals surface area contributed by atoms with Crippen LogP contribution in [0, 0.1) is 5.92 Å². The quantitative estimate of drug-likeness (QED) is 0.619. The van der Waals surface area contributed by atoms with Crippen molar-refractivity contribution in [3.63, 3.8) is 0 Å². The molecule has 0 aromatic heterocycles. The third-order valence-corrected chi connectivity index (χ3v) is 4.55. The number of nitrogens with one attached hydrogen (secondary N) is 1. The summed E-state index contributed by atoms with van der Waals surface area (Å²) in [6.07, 6.45) is 1.79. The van der Waals surface area contributed by atoms with Crippen molar-refractivity contribution < 1.29 is 27.5 Å². The van der Waals surface area contributed by atoms with Gasteiger partial charge in [0.15, 0.2) is 6.61 Å². The van der Waals surface area contributed by atoms with Gasteiger partial charge in [-0.2, -0.15) is 0 Å². The number of nitrogens with two attached hydrogens (primary N) is 1. The van der Waals surface area contributed by atoms with Gasteiger partial charge in [0.25, 0.3) is 5.91 Å². The smallest absolute Gasteiger partial charge is 0.342 e. The molecule has 0 aliphatic heterocycles. The van der Waals surface area contributed by atoms with Crippen LogP contribution in [-0.2, 0) is 19.6 Å². The number of rotatable bonds is 9. The van der Waals surface area contributed by atoms with Gasteiger partial charge < -0.3 is 14.8 Å². The zero-order valence-electron chi connectivity index (χ0n) is 15.4. The Morgan fingerprint density at radius 1 is 1.19 bits per heavy atom. The Labute approximate surface area is 154 Å². The summed E-state index contributed by atoms with van der Waals surface area (Å²) in [6.45, 7) is 5.59. The molecular formula is C17H26N2O6S. The Morgan fingerprint density at radius 3 is 2.38 bits per heavy atom. The molecule has 26 heavy (non-hydrogen) atoms. The van der Waals surface area contributed by atoms with Crippen LogP contribution in [0.5, 0.6) is 5.75 Å². The van der Waals surface area contributed by atoms with Crippen LogP contribution in [0.1, 0.15) is 44.0 Å². The minimum atomic E-state index is -3.99. The Hall–Kier alpha value is -2.13. The molecule has 0 fully saturated rings. The zero-order chi connectivity index (χ0) is 19.9. The predicted molar refractivity (Wildman–Crippen MR) is 96.3 cm³/mol. The number of hydrogen-bond acceptors (Lipinski definition) is 6. The number of benzene rings is 1. The predicted octanol–water partition coefficient (Wildman–Crippen LogP) is 1.44. The first-order valence-electron chi connectivity index (χ1n) is 8.22. The fourth-order valence-corrected chi connectivity index (χ4v) is 2.74. The molecule has 0 radical (unpaired) electrons. The molecular weight excluding hydrogens is 360 g/mol. The highest BCUT2D eigenvalue weighted by Gasteiger charge is 2.19. The molecule has 0 saturated heterocycles. The minimum absolute atomic E-state index is 0.0381. The third-order valence-electron chi connectivity index (χ3n) is 3.64. The average Bonchev–Trinajstić information content (AvgIpc) is 2.56. The van der Waals surface area contributed by atoms with Crippen LogP contribution in [0.15, 0.2) is 23.1 Å². The van der Waals surface area contributed by atoms with Gasteiger partial charge in [-0.05, 0) is 43.9 Å². The second kappa shape index (κ2) is 9.54. The van der Waals surface area contributed by atoms with Crippen molar-refractivity contribution in [2.45, 2.75) is 44.6 Å². The lowest BCUT2D eigenvalue weighted by atomic mass is 10.0. The van der Waals surface area contributed by atoms with Gasteiger partial charge in [-0.3, -0.25) is 4.79 Å². The number of methoxy groups -OCH3 is 1. The largest absolute Gasteiger partial charge is 0.496 e. The minimum Gasteiger partial charge on any atom is -0.496 e. The van der Waals surface area contributed by atoms with Crippen molar-refractivity contribution in [3.05, 3.63) is 23.8 Å². The molecule has 0 bridgehead atoms. The van der Waals surface area contributed by atoms with E-state index in [1.54, 1.807) is 0 Å². The monoisotopic (exact) mass is 386 g/mol. The molecule has 0 heterocycles. The fraction of sp³-hybridized carbons (Fsp3) is 0.529. The van der Waals surface area contributed by atoms with E-state index in [9.17, 15) is 18.0 Å². The van der Waals surface area contributed by atoms with Crippen molar-refractivity contribution in [2.24, 2.45) is 11.1 Å². The second-order valence-electron chi connectivity index (χ2n) is 6.42. The third kappa shape index (κ3) is 7.01. The molecule has 0 aliphatic rings.